The van der Waals surface area contributed by atoms with Crippen molar-refractivity contribution >= 4 is 18.3 Å². The van der Waals surface area contributed by atoms with E-state index in [0.717, 1.165) is 25.1 Å². The molecule has 2 rings (SSSR count). The molecule has 1 aliphatic rings. The zero-order valence-corrected chi connectivity index (χ0v) is 14.9. The summed E-state index contributed by atoms with van der Waals surface area (Å²) in [7, 11) is 0. The second-order valence-corrected chi connectivity index (χ2v) is 6.75. The van der Waals surface area contributed by atoms with E-state index in [0.29, 0.717) is 18.0 Å². The van der Waals surface area contributed by atoms with Gasteiger partial charge in [0.05, 0.1) is 11.0 Å². The van der Waals surface area contributed by atoms with Crippen molar-refractivity contribution < 1.29 is 18.0 Å². The molecule has 1 saturated heterocycles. The lowest BCUT2D eigenvalue weighted by atomic mass is 9.82. The summed E-state index contributed by atoms with van der Waals surface area (Å²) in [5.74, 6) is 0.0925. The van der Waals surface area contributed by atoms with Crippen molar-refractivity contribution in [2.45, 2.75) is 44.8 Å². The molecule has 0 spiro atoms. The lowest BCUT2D eigenvalue weighted by Crippen LogP contribution is -2.54. The van der Waals surface area contributed by atoms with Crippen molar-refractivity contribution in [1.82, 2.24) is 10.6 Å². The summed E-state index contributed by atoms with van der Waals surface area (Å²) in [5.41, 5.74) is -1.40. The van der Waals surface area contributed by atoms with Crippen LogP contribution in [0.4, 0.5) is 13.2 Å². The number of carbonyl (C=O) groups is 1. The van der Waals surface area contributed by atoms with E-state index in [1.165, 1.54) is 6.07 Å². The highest BCUT2D eigenvalue weighted by Crippen LogP contribution is 2.33. The summed E-state index contributed by atoms with van der Waals surface area (Å²) >= 11 is 0. The summed E-state index contributed by atoms with van der Waals surface area (Å²) in [5, 5.41) is 6.21. The lowest BCUT2D eigenvalue weighted by Gasteiger charge is -2.34. The van der Waals surface area contributed by atoms with Crippen LogP contribution in [0.3, 0.4) is 0 Å². The first-order valence-electron chi connectivity index (χ1n) is 7.82. The summed E-state index contributed by atoms with van der Waals surface area (Å²) in [6, 6.07) is 4.99. The molecule has 1 aliphatic heterocycles. The van der Waals surface area contributed by atoms with Crippen LogP contribution in [-0.4, -0.2) is 25.0 Å². The third kappa shape index (κ3) is 4.63. The van der Waals surface area contributed by atoms with Crippen LogP contribution in [-0.2, 0) is 16.4 Å². The predicted molar refractivity (Wildman–Crippen MR) is 90.3 cm³/mol. The highest BCUT2D eigenvalue weighted by Gasteiger charge is 2.36. The van der Waals surface area contributed by atoms with Crippen LogP contribution in [0.15, 0.2) is 24.3 Å². The Bertz CT molecular complexity index is 575. The molecule has 24 heavy (non-hydrogen) atoms. The van der Waals surface area contributed by atoms with E-state index in [4.69, 9.17) is 0 Å². The minimum atomic E-state index is -4.41. The van der Waals surface area contributed by atoms with Gasteiger partial charge in [0.15, 0.2) is 0 Å². The summed E-state index contributed by atoms with van der Waals surface area (Å²) in [6.45, 7) is 6.98. The maximum Gasteiger partial charge on any atom is 0.416 e. The van der Waals surface area contributed by atoms with Crippen molar-refractivity contribution in [3.05, 3.63) is 35.4 Å². The molecular formula is C17H24ClF3N2O. The molecule has 1 amide bonds. The predicted octanol–water partition coefficient (Wildman–Crippen LogP) is 3.52. The zero-order chi connectivity index (χ0) is 17.3. The fraction of sp³-hybridized carbons (Fsp3) is 0.588. The smallest absolute Gasteiger partial charge is 0.351 e. The summed E-state index contributed by atoms with van der Waals surface area (Å²) in [6.07, 6.45) is -3.45. The number of nitrogens with one attached hydrogen (secondary N) is 2. The van der Waals surface area contributed by atoms with Crippen LogP contribution in [0.2, 0.25) is 0 Å². The number of halogens is 4. The van der Waals surface area contributed by atoms with Crippen LogP contribution in [0, 0.1) is 5.92 Å². The van der Waals surface area contributed by atoms with Crippen LogP contribution in [0.25, 0.3) is 0 Å². The molecule has 1 aromatic carbocycles. The molecule has 0 bridgehead atoms. The van der Waals surface area contributed by atoms with E-state index >= 15 is 0 Å². The summed E-state index contributed by atoms with van der Waals surface area (Å²) in [4.78, 5) is 12.6. The average molecular weight is 365 g/mol. The van der Waals surface area contributed by atoms with Crippen LogP contribution < -0.4 is 10.6 Å². The van der Waals surface area contributed by atoms with Gasteiger partial charge < -0.3 is 10.6 Å². The fourth-order valence-corrected chi connectivity index (χ4v) is 2.75. The molecule has 2 N–H and O–H groups in total. The third-order valence-corrected chi connectivity index (χ3v) is 4.62. The van der Waals surface area contributed by atoms with Crippen molar-refractivity contribution in [3.63, 3.8) is 0 Å². The van der Waals surface area contributed by atoms with Crippen molar-refractivity contribution in [2.24, 2.45) is 5.92 Å². The maximum atomic E-state index is 12.9. The highest BCUT2D eigenvalue weighted by atomic mass is 35.5. The molecule has 2 atom stereocenters. The van der Waals surface area contributed by atoms with E-state index < -0.39 is 17.2 Å². The maximum absolute atomic E-state index is 12.9. The minimum Gasteiger partial charge on any atom is -0.351 e. The second-order valence-electron chi connectivity index (χ2n) is 6.75. The van der Waals surface area contributed by atoms with Crippen LogP contribution in [0.5, 0.6) is 0 Å². The fourth-order valence-electron chi connectivity index (χ4n) is 2.75. The monoisotopic (exact) mass is 364 g/mol. The van der Waals surface area contributed by atoms with Gasteiger partial charge in [0.25, 0.3) is 0 Å². The zero-order valence-electron chi connectivity index (χ0n) is 14.0. The number of benzene rings is 1. The first-order chi connectivity index (χ1) is 10.6. The third-order valence-electron chi connectivity index (χ3n) is 4.62. The van der Waals surface area contributed by atoms with Gasteiger partial charge in [0.2, 0.25) is 5.91 Å². The SMILES string of the molecule is CC1CCNCC1NC(=O)C(C)(C)c1cccc(C(F)(F)F)c1.Cl. The van der Waals surface area contributed by atoms with Crippen LogP contribution >= 0.6 is 12.4 Å². The number of amides is 1. The van der Waals surface area contributed by atoms with Gasteiger partial charge >= 0.3 is 6.18 Å². The Morgan fingerprint density at radius 1 is 1.25 bits per heavy atom. The molecule has 0 radical (unpaired) electrons. The highest BCUT2D eigenvalue weighted by molar-refractivity contribution is 5.87. The standard InChI is InChI=1S/C17H23F3N2O.ClH/c1-11-7-8-21-10-14(11)22-15(23)16(2,3)12-5-4-6-13(9-12)17(18,19)20;/h4-6,9,11,14,21H,7-8,10H2,1-3H3,(H,22,23);1H. The van der Waals surface area contributed by atoms with Crippen LogP contribution in [0.1, 0.15) is 38.3 Å². The molecule has 7 heteroatoms. The minimum absolute atomic E-state index is 0. The van der Waals surface area contributed by atoms with Crippen molar-refractivity contribution in [2.75, 3.05) is 13.1 Å². The second kappa shape index (κ2) is 7.74. The van der Waals surface area contributed by atoms with Crippen molar-refractivity contribution in [1.29, 1.82) is 0 Å². The first-order valence-corrected chi connectivity index (χ1v) is 7.82. The van der Waals surface area contributed by atoms with E-state index in [1.807, 2.05) is 0 Å². The lowest BCUT2D eigenvalue weighted by molar-refractivity contribution is -0.138. The molecule has 0 saturated carbocycles. The Kier molecular flexibility index (Phi) is 6.70. The molecule has 3 nitrogen and oxygen atoms in total. The van der Waals surface area contributed by atoms with Gasteiger partial charge in [-0.2, -0.15) is 13.2 Å². The largest absolute Gasteiger partial charge is 0.416 e. The molecule has 136 valence electrons. The number of hydrogen-bond acceptors (Lipinski definition) is 2. The number of piperidine rings is 1. The van der Waals surface area contributed by atoms with Gasteiger partial charge in [-0.1, -0.05) is 25.1 Å². The van der Waals surface area contributed by atoms with E-state index in [9.17, 15) is 18.0 Å². The molecule has 1 heterocycles. The van der Waals surface area contributed by atoms with Crippen molar-refractivity contribution in [3.8, 4) is 0 Å². The Morgan fingerprint density at radius 2 is 1.88 bits per heavy atom. The first kappa shape index (κ1) is 20.8. The number of hydrogen-bond donors (Lipinski definition) is 2. The number of carbonyl (C=O) groups excluding carboxylic acids is 1. The quantitative estimate of drug-likeness (QED) is 0.861. The molecule has 1 aromatic rings. The van der Waals surface area contributed by atoms with Gasteiger partial charge in [0, 0.05) is 12.6 Å². The van der Waals surface area contributed by atoms with Gasteiger partial charge in [-0.25, -0.2) is 0 Å². The molecule has 0 aromatic heterocycles. The Balaban J connectivity index is 0.00000288. The summed E-state index contributed by atoms with van der Waals surface area (Å²) < 4.78 is 38.6. The average Bonchev–Trinajstić information content (AvgIpc) is 2.48. The van der Waals surface area contributed by atoms with Gasteiger partial charge in [-0.15, -0.1) is 12.4 Å². The normalized spacial score (nSPS) is 21.8. The van der Waals surface area contributed by atoms with Gasteiger partial charge in [-0.05, 0) is 44.4 Å². The Hall–Kier alpha value is -1.27. The van der Waals surface area contributed by atoms with E-state index in [2.05, 4.69) is 17.6 Å². The van der Waals surface area contributed by atoms with Gasteiger partial charge in [-0.3, -0.25) is 4.79 Å². The Labute approximate surface area is 146 Å². The van der Waals surface area contributed by atoms with E-state index in [-0.39, 0.29) is 24.4 Å². The molecule has 1 fully saturated rings. The molecule has 0 aliphatic carbocycles. The molecule has 2 unspecified atom stereocenters. The Morgan fingerprint density at radius 3 is 2.46 bits per heavy atom. The number of alkyl halides is 3. The molecular weight excluding hydrogens is 341 g/mol. The topological polar surface area (TPSA) is 41.1 Å². The van der Waals surface area contributed by atoms with E-state index in [1.54, 1.807) is 19.9 Å². The van der Waals surface area contributed by atoms with Gasteiger partial charge in [0.1, 0.15) is 0 Å². The number of rotatable bonds is 3.